The molecule has 0 saturated carbocycles. The highest BCUT2D eigenvalue weighted by molar-refractivity contribution is 7.26. The first-order valence-corrected chi connectivity index (χ1v) is 58.3. The molecule has 0 saturated heterocycles. The third kappa shape index (κ3) is 12.7. The average molecular weight is 1980 g/mol. The Morgan fingerprint density at radius 2 is 0.507 bits per heavy atom. The Balaban J connectivity index is 0.000000104. The zero-order valence-electron chi connectivity index (χ0n) is 81.4. The molecule has 7 nitrogen and oxygen atoms in total. The fourth-order valence-corrected chi connectivity index (χ4v) is 42.2. The molecule has 1 aliphatic carbocycles. The smallest absolute Gasteiger partial charge is 0.188 e. The van der Waals surface area contributed by atoms with Crippen molar-refractivity contribution >= 4 is 205 Å². The number of furan rings is 1. The van der Waals surface area contributed by atoms with Crippen molar-refractivity contribution in [3.63, 3.8) is 0 Å². The van der Waals surface area contributed by atoms with Crippen molar-refractivity contribution in [1.29, 1.82) is 0 Å². The molecule has 0 fully saturated rings. The number of benzene rings is 23. The minimum atomic E-state index is -2.83. The molecule has 0 bridgehead atoms. The molecule has 150 heavy (non-hydrogen) atoms. The van der Waals surface area contributed by atoms with Gasteiger partial charge in [-0.3, -0.25) is 0 Å². The van der Waals surface area contributed by atoms with E-state index < -0.39 is 29.6 Å². The molecule has 3 aliphatic heterocycles. The third-order valence-electron chi connectivity index (χ3n) is 32.3. The van der Waals surface area contributed by atoms with Crippen LogP contribution in [0, 0.1) is 0 Å². The zero-order chi connectivity index (χ0) is 98.7. The first kappa shape index (κ1) is 87.0. The molecular formula is C139H91N3O4SSi3. The maximum atomic E-state index is 7.22. The lowest BCUT2D eigenvalue weighted by Crippen LogP contribution is -2.76. The van der Waals surface area contributed by atoms with Crippen LogP contribution in [0.4, 0.5) is 0 Å². The second kappa shape index (κ2) is 34.6. The van der Waals surface area contributed by atoms with Crippen molar-refractivity contribution in [2.24, 2.45) is 0 Å². The number of fused-ring (bicyclic) bond motifs is 27. The first-order chi connectivity index (χ1) is 74.4. The number of aromatic nitrogens is 3. The first-order valence-electron chi connectivity index (χ1n) is 51.5. The SMILES string of the molecule is c1ccc(C2(c3cccc(-n4c5ccccc5c5c6c(ccc54)[Si](c4ccccc4)(c4ccccc4)c4ccccc4O6)c3)c3ccccc3-c3ccccc32)cc1.c1ccc([Si]2(c3ccccc3)c3ccccc3Oc3c2ccc2c3c3ccccc3n2-c2ccc3oc4ccccc4c3c2)cc1.c1ccc([Si]2(c3ccccc3)c3ccccc3Oc3c2ccc2c3c3ccccc3n2-c2ccc3sc4ccccc4c3c2)cc1. The van der Waals surface area contributed by atoms with Crippen LogP contribution in [0.5, 0.6) is 34.5 Å². The van der Waals surface area contributed by atoms with Crippen molar-refractivity contribution in [2.75, 3.05) is 0 Å². The zero-order valence-corrected chi connectivity index (χ0v) is 85.2. The molecule has 0 amide bonds. The Bertz CT molecular complexity index is 9760. The van der Waals surface area contributed by atoms with Gasteiger partial charge in [0.15, 0.2) is 24.2 Å². The molecule has 0 N–H and O–H groups in total. The van der Waals surface area contributed by atoms with Crippen molar-refractivity contribution in [3.05, 3.63) is 574 Å². The molecule has 8 heterocycles. The predicted molar refractivity (Wildman–Crippen MR) is 631 cm³/mol. The number of hydrogen-bond donors (Lipinski definition) is 0. The molecule has 0 unspecified atom stereocenters. The average Bonchev–Trinajstić information content (AvgIpc) is 1.67. The van der Waals surface area contributed by atoms with Gasteiger partial charge in [-0.15, -0.1) is 11.3 Å². The van der Waals surface area contributed by atoms with E-state index in [-0.39, 0.29) is 0 Å². The number of nitrogens with zero attached hydrogens (tertiary/aromatic N) is 3. The van der Waals surface area contributed by atoms with E-state index in [1.807, 2.05) is 23.5 Å². The van der Waals surface area contributed by atoms with Crippen LogP contribution in [0.3, 0.4) is 0 Å². The Hall–Kier alpha value is -18.5. The summed E-state index contributed by atoms with van der Waals surface area (Å²) in [5.41, 5.74) is 19.3. The van der Waals surface area contributed by atoms with Crippen LogP contribution in [0.15, 0.2) is 556 Å². The highest BCUT2D eigenvalue weighted by Crippen LogP contribution is 2.57. The highest BCUT2D eigenvalue weighted by atomic mass is 32.1. The fourth-order valence-electron chi connectivity index (χ4n) is 26.3. The maximum Gasteiger partial charge on any atom is 0.188 e. The molecular weight excluding hydrogens is 1890 g/mol. The number of para-hydroxylation sites is 7. The van der Waals surface area contributed by atoms with Crippen LogP contribution in [0.25, 0.3) is 136 Å². The van der Waals surface area contributed by atoms with E-state index >= 15 is 0 Å². The van der Waals surface area contributed by atoms with Gasteiger partial charge in [-0.1, -0.05) is 437 Å². The summed E-state index contributed by atoms with van der Waals surface area (Å²) in [5, 5.41) is 27.6. The molecule has 11 heteroatoms. The van der Waals surface area contributed by atoms with Crippen LogP contribution in [0.2, 0.25) is 0 Å². The van der Waals surface area contributed by atoms with Gasteiger partial charge in [0.2, 0.25) is 0 Å². The van der Waals surface area contributed by atoms with Crippen molar-refractivity contribution in [2.45, 2.75) is 5.41 Å². The minimum absolute atomic E-state index is 0.494. The lowest BCUT2D eigenvalue weighted by atomic mass is 9.67. The van der Waals surface area contributed by atoms with Gasteiger partial charge >= 0.3 is 0 Å². The molecule has 4 aliphatic rings. The summed E-state index contributed by atoms with van der Waals surface area (Å²) < 4.78 is 37.5. The molecule has 28 aromatic rings. The summed E-state index contributed by atoms with van der Waals surface area (Å²) in [6.45, 7) is 0. The molecule has 5 aromatic heterocycles. The molecule has 0 radical (unpaired) electrons. The normalized spacial score (nSPS) is 13.8. The predicted octanol–water partition coefficient (Wildman–Crippen LogP) is 27.4. The topological polar surface area (TPSA) is 55.6 Å². The van der Waals surface area contributed by atoms with Gasteiger partial charge < -0.3 is 32.3 Å². The van der Waals surface area contributed by atoms with Gasteiger partial charge in [0.05, 0.1) is 54.7 Å². The number of rotatable bonds is 11. The van der Waals surface area contributed by atoms with Gasteiger partial charge in [-0.25, -0.2) is 0 Å². The summed E-state index contributed by atoms with van der Waals surface area (Å²) in [6, 6.07) is 202. The van der Waals surface area contributed by atoms with Crippen LogP contribution in [-0.4, -0.2) is 37.9 Å². The van der Waals surface area contributed by atoms with Gasteiger partial charge in [0, 0.05) is 64.2 Å². The third-order valence-corrected chi connectivity index (χ3v) is 47.9. The van der Waals surface area contributed by atoms with E-state index in [0.717, 1.165) is 112 Å². The molecule has 32 rings (SSSR count). The second-order valence-corrected chi connectivity index (χ2v) is 51.9. The van der Waals surface area contributed by atoms with E-state index in [2.05, 4.69) is 554 Å². The summed E-state index contributed by atoms with van der Waals surface area (Å²) >= 11 is 1.86. The quantitative estimate of drug-likeness (QED) is 0.121. The van der Waals surface area contributed by atoms with Crippen molar-refractivity contribution in [3.8, 4) is 62.7 Å². The lowest BCUT2D eigenvalue weighted by molar-refractivity contribution is 0.492. The number of hydrogen-bond acceptors (Lipinski definition) is 5. The highest BCUT2D eigenvalue weighted by Gasteiger charge is 2.54. The number of thiophene rings is 1. The van der Waals surface area contributed by atoms with E-state index in [1.54, 1.807) is 0 Å². The Morgan fingerprint density at radius 1 is 0.193 bits per heavy atom. The monoisotopic (exact) mass is 1980 g/mol. The van der Waals surface area contributed by atoms with Gasteiger partial charge in [-0.2, -0.15) is 0 Å². The number of ether oxygens (including phenoxy) is 3. The second-order valence-electron chi connectivity index (χ2n) is 39.6. The van der Waals surface area contributed by atoms with Crippen LogP contribution < -0.4 is 76.5 Å². The van der Waals surface area contributed by atoms with E-state index in [4.69, 9.17) is 18.6 Å². The van der Waals surface area contributed by atoms with E-state index in [1.165, 1.54) is 143 Å². The largest absolute Gasteiger partial charge is 0.457 e. The molecule has 704 valence electrons. The van der Waals surface area contributed by atoms with Crippen molar-refractivity contribution < 1.29 is 18.6 Å². The maximum absolute atomic E-state index is 7.22. The standard InChI is InChI=1S/C55H37NOSi.C42H27NO2Si.C42H27NOSSi/c1-4-19-38(20-5-1)55(46-30-13-10-27-43(46)44-28-11-14-31-47(44)55)39-21-18-22-40(37-39)56-48-32-15-12-29-45(48)53-49(56)35-36-52-54(53)57-50-33-16-17-34-51(50)58(52,41-23-6-2-7-24-41)42-25-8-3-9-26-42;1-3-13-29(14-4-1)46(30-15-5-2-6-16-30)39-22-12-11-21-38(39)45-42-40(46)26-24-35-41(42)32-18-7-9-19-34(32)43(35)28-23-25-37-33(27-28)31-17-8-10-20-36(31)44-37;1-3-13-29(14-4-1)46(30-15-5-2-6-16-30)39-22-12-10-20-36(39)44-42-40(46)26-24-35-41(42)32-18-7-9-19-34(32)43(35)28-23-25-38-33(27-28)31-17-8-11-21-37(31)45-38/h1-37H;2*1-27H. The molecule has 0 spiro atoms. The van der Waals surface area contributed by atoms with E-state index in [9.17, 15) is 0 Å². The Labute approximate surface area is 873 Å². The summed E-state index contributed by atoms with van der Waals surface area (Å²) in [5.74, 6) is 5.72. The summed E-state index contributed by atoms with van der Waals surface area (Å²) in [6.07, 6.45) is 0. The minimum Gasteiger partial charge on any atom is -0.457 e. The summed E-state index contributed by atoms with van der Waals surface area (Å²) in [7, 11) is -8.32. The lowest BCUT2D eigenvalue weighted by Gasteiger charge is -2.39. The fraction of sp³-hybridized carbons (Fsp3) is 0.00719. The van der Waals surface area contributed by atoms with Gasteiger partial charge in [0.1, 0.15) is 45.7 Å². The van der Waals surface area contributed by atoms with E-state index in [0.29, 0.717) is 0 Å². The Kier molecular flexibility index (Phi) is 20.1. The van der Waals surface area contributed by atoms with Gasteiger partial charge in [-0.05, 0) is 211 Å². The van der Waals surface area contributed by atoms with Gasteiger partial charge in [0.25, 0.3) is 0 Å². The molecule has 23 aromatic carbocycles. The van der Waals surface area contributed by atoms with Crippen LogP contribution in [0.1, 0.15) is 22.3 Å². The summed E-state index contributed by atoms with van der Waals surface area (Å²) in [4.78, 5) is 0. The van der Waals surface area contributed by atoms with Crippen LogP contribution >= 0.6 is 11.3 Å². The van der Waals surface area contributed by atoms with Crippen molar-refractivity contribution in [1.82, 2.24) is 13.7 Å². The van der Waals surface area contributed by atoms with Crippen LogP contribution in [-0.2, 0) is 5.41 Å². The molecule has 0 atom stereocenters. The Morgan fingerprint density at radius 3 is 0.933 bits per heavy atom.